The first kappa shape index (κ1) is 16.3. The average molecular weight is 300 g/mol. The van der Waals surface area contributed by atoms with E-state index in [1.807, 2.05) is 0 Å². The van der Waals surface area contributed by atoms with E-state index in [1.54, 1.807) is 0 Å². The number of methoxy groups -OCH3 is 2. The highest BCUT2D eigenvalue weighted by Gasteiger charge is 2.27. The quantitative estimate of drug-likeness (QED) is 0.437. The van der Waals surface area contributed by atoms with Crippen molar-refractivity contribution in [3.05, 3.63) is 34.1 Å². The largest absolute Gasteiger partial charge is 0.468 e. The van der Waals surface area contributed by atoms with E-state index in [-0.39, 0.29) is 5.69 Å². The SMILES string of the molecule is COC(=O)CN(CC(=O)OC)c1cccc(F)c1[N+](=O)[O-]. The Morgan fingerprint density at radius 3 is 2.19 bits per heavy atom. The zero-order chi connectivity index (χ0) is 16.0. The van der Waals surface area contributed by atoms with Crippen LogP contribution >= 0.6 is 0 Å². The zero-order valence-corrected chi connectivity index (χ0v) is 11.4. The van der Waals surface area contributed by atoms with E-state index in [1.165, 1.54) is 12.1 Å². The molecule has 0 aliphatic rings. The van der Waals surface area contributed by atoms with E-state index < -0.39 is 41.5 Å². The van der Waals surface area contributed by atoms with E-state index in [0.717, 1.165) is 25.2 Å². The van der Waals surface area contributed by atoms with Gasteiger partial charge in [-0.2, -0.15) is 4.39 Å². The highest BCUT2D eigenvalue weighted by molar-refractivity contribution is 5.83. The molecule has 0 spiro atoms. The van der Waals surface area contributed by atoms with Crippen LogP contribution in [0.1, 0.15) is 0 Å². The predicted octanol–water partition coefficient (Wildman–Crippen LogP) is 0.886. The number of halogens is 1. The number of carbonyl (C=O) groups is 2. The van der Waals surface area contributed by atoms with Gasteiger partial charge < -0.3 is 14.4 Å². The molecule has 21 heavy (non-hydrogen) atoms. The van der Waals surface area contributed by atoms with Crippen LogP contribution in [0.25, 0.3) is 0 Å². The van der Waals surface area contributed by atoms with Crippen molar-refractivity contribution in [3.8, 4) is 0 Å². The summed E-state index contributed by atoms with van der Waals surface area (Å²) >= 11 is 0. The number of ether oxygens (including phenoxy) is 2. The van der Waals surface area contributed by atoms with Gasteiger partial charge in [0.05, 0.1) is 19.1 Å². The Morgan fingerprint density at radius 1 is 1.24 bits per heavy atom. The fourth-order valence-corrected chi connectivity index (χ4v) is 1.61. The van der Waals surface area contributed by atoms with Crippen molar-refractivity contribution >= 4 is 23.3 Å². The maximum absolute atomic E-state index is 13.6. The first-order chi connectivity index (χ1) is 9.90. The number of nitro groups is 1. The molecule has 0 heterocycles. The number of benzene rings is 1. The molecule has 114 valence electrons. The Balaban J connectivity index is 3.24. The number of hydrogen-bond donors (Lipinski definition) is 0. The van der Waals surface area contributed by atoms with Crippen LogP contribution in [0, 0.1) is 15.9 Å². The fraction of sp³-hybridized carbons (Fsp3) is 0.333. The number of nitro benzene ring substituents is 1. The second-order valence-electron chi connectivity index (χ2n) is 3.87. The molecule has 0 bridgehead atoms. The molecule has 0 unspecified atom stereocenters. The number of para-hydroxylation sites is 1. The van der Waals surface area contributed by atoms with Crippen molar-refractivity contribution in [2.45, 2.75) is 0 Å². The van der Waals surface area contributed by atoms with Crippen molar-refractivity contribution in [2.24, 2.45) is 0 Å². The van der Waals surface area contributed by atoms with Gasteiger partial charge in [0, 0.05) is 0 Å². The van der Waals surface area contributed by atoms with E-state index in [0.29, 0.717) is 0 Å². The van der Waals surface area contributed by atoms with Crippen molar-refractivity contribution in [1.29, 1.82) is 0 Å². The third-order valence-electron chi connectivity index (χ3n) is 2.58. The van der Waals surface area contributed by atoms with Gasteiger partial charge in [-0.15, -0.1) is 0 Å². The van der Waals surface area contributed by atoms with Gasteiger partial charge in [-0.05, 0) is 12.1 Å². The number of esters is 2. The van der Waals surface area contributed by atoms with Gasteiger partial charge in [-0.3, -0.25) is 19.7 Å². The molecule has 0 aromatic heterocycles. The molecular formula is C12H13FN2O6. The van der Waals surface area contributed by atoms with E-state index >= 15 is 0 Å². The van der Waals surface area contributed by atoms with Gasteiger partial charge in [-0.25, -0.2) is 0 Å². The lowest BCUT2D eigenvalue weighted by Gasteiger charge is -2.21. The minimum absolute atomic E-state index is 0.212. The topological polar surface area (TPSA) is 99.0 Å². The molecule has 0 radical (unpaired) electrons. The minimum atomic E-state index is -1.07. The van der Waals surface area contributed by atoms with Crippen LogP contribution in [0.2, 0.25) is 0 Å². The molecule has 0 saturated carbocycles. The number of nitrogens with zero attached hydrogens (tertiary/aromatic N) is 2. The predicted molar refractivity (Wildman–Crippen MR) is 69.3 cm³/mol. The van der Waals surface area contributed by atoms with Crippen molar-refractivity contribution in [2.75, 3.05) is 32.2 Å². The van der Waals surface area contributed by atoms with Crippen LogP contribution in [0.15, 0.2) is 18.2 Å². The lowest BCUT2D eigenvalue weighted by atomic mass is 10.2. The molecule has 0 aliphatic heterocycles. The Labute approximate surface area is 119 Å². The van der Waals surface area contributed by atoms with E-state index in [2.05, 4.69) is 9.47 Å². The summed E-state index contributed by atoms with van der Waals surface area (Å²) in [4.78, 5) is 33.8. The summed E-state index contributed by atoms with van der Waals surface area (Å²) in [5.74, 6) is -2.55. The second kappa shape index (κ2) is 7.17. The molecule has 0 N–H and O–H groups in total. The number of anilines is 1. The van der Waals surface area contributed by atoms with Crippen LogP contribution in [0.3, 0.4) is 0 Å². The van der Waals surface area contributed by atoms with E-state index in [4.69, 9.17) is 0 Å². The smallest absolute Gasteiger partial charge is 0.327 e. The van der Waals surface area contributed by atoms with Crippen LogP contribution in [-0.2, 0) is 19.1 Å². The average Bonchev–Trinajstić information content (AvgIpc) is 2.45. The van der Waals surface area contributed by atoms with Crippen molar-refractivity contribution in [3.63, 3.8) is 0 Å². The maximum Gasteiger partial charge on any atom is 0.327 e. The third kappa shape index (κ3) is 4.13. The Bertz CT molecular complexity index is 545. The molecule has 0 amide bonds. The summed E-state index contributed by atoms with van der Waals surface area (Å²) in [5.41, 5.74) is -1.04. The van der Waals surface area contributed by atoms with Crippen LogP contribution in [0.5, 0.6) is 0 Å². The van der Waals surface area contributed by atoms with Crippen LogP contribution < -0.4 is 4.90 Å². The Hall–Kier alpha value is -2.71. The molecule has 1 aromatic carbocycles. The van der Waals surface area contributed by atoms with Crippen molar-refractivity contribution in [1.82, 2.24) is 0 Å². The molecule has 1 rings (SSSR count). The number of hydrogen-bond acceptors (Lipinski definition) is 7. The number of rotatable bonds is 6. The van der Waals surface area contributed by atoms with Crippen molar-refractivity contribution < 1.29 is 28.4 Å². The molecule has 0 saturated heterocycles. The van der Waals surface area contributed by atoms with E-state index in [9.17, 15) is 24.1 Å². The maximum atomic E-state index is 13.6. The highest BCUT2D eigenvalue weighted by Crippen LogP contribution is 2.30. The molecule has 1 aromatic rings. The highest BCUT2D eigenvalue weighted by atomic mass is 19.1. The van der Waals surface area contributed by atoms with Gasteiger partial charge in [0.1, 0.15) is 18.8 Å². The lowest BCUT2D eigenvalue weighted by Crippen LogP contribution is -2.36. The van der Waals surface area contributed by atoms with Gasteiger partial charge in [0.2, 0.25) is 5.82 Å². The van der Waals surface area contributed by atoms with Gasteiger partial charge in [0.25, 0.3) is 0 Å². The van der Waals surface area contributed by atoms with Gasteiger partial charge in [0.15, 0.2) is 0 Å². The minimum Gasteiger partial charge on any atom is -0.468 e. The first-order valence-corrected chi connectivity index (χ1v) is 5.72. The molecule has 0 aliphatic carbocycles. The lowest BCUT2D eigenvalue weighted by molar-refractivity contribution is -0.386. The standard InChI is InChI=1S/C12H13FN2O6/c1-20-10(16)6-14(7-11(17)21-2)9-5-3-4-8(13)12(9)15(18)19/h3-5H,6-7H2,1-2H3. The zero-order valence-electron chi connectivity index (χ0n) is 11.4. The van der Waals surface area contributed by atoms with Gasteiger partial charge >= 0.3 is 17.6 Å². The Kier molecular flexibility index (Phi) is 5.58. The molecule has 0 fully saturated rings. The normalized spacial score (nSPS) is 9.86. The summed E-state index contributed by atoms with van der Waals surface area (Å²) in [5, 5.41) is 11.0. The summed E-state index contributed by atoms with van der Waals surface area (Å²) in [6.07, 6.45) is 0. The van der Waals surface area contributed by atoms with Gasteiger partial charge in [-0.1, -0.05) is 6.07 Å². The summed E-state index contributed by atoms with van der Waals surface area (Å²) in [6, 6.07) is 3.38. The third-order valence-corrected chi connectivity index (χ3v) is 2.58. The second-order valence-corrected chi connectivity index (χ2v) is 3.87. The molecule has 8 nitrogen and oxygen atoms in total. The summed E-state index contributed by atoms with van der Waals surface area (Å²) in [6.45, 7) is -0.925. The molecular weight excluding hydrogens is 287 g/mol. The molecule has 0 atom stereocenters. The summed E-state index contributed by atoms with van der Waals surface area (Å²) in [7, 11) is 2.25. The van der Waals surface area contributed by atoms with Crippen LogP contribution in [-0.4, -0.2) is 44.2 Å². The first-order valence-electron chi connectivity index (χ1n) is 5.72. The number of carbonyl (C=O) groups excluding carboxylic acids is 2. The monoisotopic (exact) mass is 300 g/mol. The fourth-order valence-electron chi connectivity index (χ4n) is 1.61. The molecule has 9 heteroatoms. The summed E-state index contributed by atoms with van der Waals surface area (Å²) < 4.78 is 22.5. The Morgan fingerprint density at radius 2 is 1.76 bits per heavy atom. The van der Waals surface area contributed by atoms with Crippen LogP contribution in [0.4, 0.5) is 15.8 Å².